The fraction of sp³-hybridized carbons (Fsp3) is 0.333. The third-order valence-electron chi connectivity index (χ3n) is 5.00. The number of nitrogens with one attached hydrogen (secondary N) is 1. The van der Waals surface area contributed by atoms with E-state index in [1.54, 1.807) is 14.2 Å². The Bertz CT molecular complexity index is 1000. The molecule has 7 heteroatoms. The second kappa shape index (κ2) is 12.3. The van der Waals surface area contributed by atoms with Crippen LogP contribution in [-0.2, 0) is 13.0 Å². The Morgan fingerprint density at radius 1 is 1.06 bits per heavy atom. The van der Waals surface area contributed by atoms with Crippen molar-refractivity contribution in [1.82, 2.24) is 15.2 Å². The number of para-hydroxylation sites is 1. The number of hydrogen-bond donors (Lipinski definition) is 1. The average Bonchev–Trinajstić information content (AvgIpc) is 2.79. The molecule has 3 aromatic rings. The predicted molar refractivity (Wildman–Crippen MR) is 138 cm³/mol. The molecule has 0 saturated heterocycles. The number of aromatic nitrogens is 1. The summed E-state index contributed by atoms with van der Waals surface area (Å²) in [5, 5.41) is 4.52. The zero-order valence-electron chi connectivity index (χ0n) is 18.6. The number of guanidine groups is 1. The highest BCUT2D eigenvalue weighted by molar-refractivity contribution is 14.0. The summed E-state index contributed by atoms with van der Waals surface area (Å²) in [5.41, 5.74) is 3.32. The Balaban J connectivity index is 0.00000341. The molecular formula is C24H31IN4O2. The summed E-state index contributed by atoms with van der Waals surface area (Å²) >= 11 is 0. The van der Waals surface area contributed by atoms with E-state index in [1.807, 2.05) is 24.4 Å². The SMILES string of the molecule is CCNC(=NCc1cccc2cccnc12)N(C)CCc1ccc(OC)c(OC)c1.I. The molecule has 0 radical (unpaired) electrons. The second-order valence-electron chi connectivity index (χ2n) is 7.02. The van der Waals surface area contributed by atoms with Gasteiger partial charge in [0, 0.05) is 31.7 Å². The van der Waals surface area contributed by atoms with E-state index in [0.717, 1.165) is 53.4 Å². The fourth-order valence-electron chi connectivity index (χ4n) is 3.36. The minimum atomic E-state index is 0. The minimum Gasteiger partial charge on any atom is -0.493 e. The van der Waals surface area contributed by atoms with Gasteiger partial charge in [-0.05, 0) is 42.7 Å². The number of halogens is 1. The van der Waals surface area contributed by atoms with Crippen molar-refractivity contribution in [1.29, 1.82) is 0 Å². The van der Waals surface area contributed by atoms with E-state index >= 15 is 0 Å². The number of ether oxygens (including phenoxy) is 2. The Morgan fingerprint density at radius 2 is 1.84 bits per heavy atom. The normalized spacial score (nSPS) is 11.0. The molecule has 1 heterocycles. The smallest absolute Gasteiger partial charge is 0.193 e. The lowest BCUT2D eigenvalue weighted by molar-refractivity contribution is 0.354. The van der Waals surface area contributed by atoms with Crippen molar-refractivity contribution in [3.8, 4) is 11.5 Å². The number of likely N-dealkylation sites (N-methyl/N-ethyl adjacent to an activating group) is 1. The van der Waals surface area contributed by atoms with Crippen LogP contribution in [0.1, 0.15) is 18.1 Å². The monoisotopic (exact) mass is 534 g/mol. The van der Waals surface area contributed by atoms with E-state index < -0.39 is 0 Å². The molecule has 0 aliphatic carbocycles. The van der Waals surface area contributed by atoms with Crippen molar-refractivity contribution < 1.29 is 9.47 Å². The highest BCUT2D eigenvalue weighted by Crippen LogP contribution is 2.27. The van der Waals surface area contributed by atoms with Gasteiger partial charge in [-0.25, -0.2) is 4.99 Å². The average molecular weight is 534 g/mol. The van der Waals surface area contributed by atoms with Gasteiger partial charge in [-0.2, -0.15) is 0 Å². The molecule has 1 N–H and O–H groups in total. The van der Waals surface area contributed by atoms with Crippen LogP contribution < -0.4 is 14.8 Å². The van der Waals surface area contributed by atoms with Crippen LogP contribution in [0.4, 0.5) is 0 Å². The first-order chi connectivity index (χ1) is 14.7. The third-order valence-corrected chi connectivity index (χ3v) is 5.00. The number of benzene rings is 2. The summed E-state index contributed by atoms with van der Waals surface area (Å²) in [5.74, 6) is 2.38. The Morgan fingerprint density at radius 3 is 2.58 bits per heavy atom. The maximum absolute atomic E-state index is 5.41. The Kier molecular flexibility index (Phi) is 9.84. The van der Waals surface area contributed by atoms with Crippen LogP contribution in [0.2, 0.25) is 0 Å². The lowest BCUT2D eigenvalue weighted by atomic mass is 10.1. The number of nitrogens with zero attached hydrogens (tertiary/aromatic N) is 3. The molecule has 31 heavy (non-hydrogen) atoms. The van der Waals surface area contributed by atoms with Gasteiger partial charge in [0.15, 0.2) is 17.5 Å². The van der Waals surface area contributed by atoms with Crippen molar-refractivity contribution in [3.05, 3.63) is 65.9 Å². The number of hydrogen-bond acceptors (Lipinski definition) is 4. The molecule has 0 saturated carbocycles. The standard InChI is InChI=1S/C24H30N4O2.HI/c1-5-25-24(27-17-20-9-6-8-19-10-7-14-26-23(19)20)28(2)15-13-18-11-12-21(29-3)22(16-18)30-4;/h6-12,14,16H,5,13,15,17H2,1-4H3,(H,25,27);1H. The molecule has 166 valence electrons. The molecule has 0 fully saturated rings. The van der Waals surface area contributed by atoms with Crippen molar-refractivity contribution in [2.24, 2.45) is 4.99 Å². The highest BCUT2D eigenvalue weighted by Gasteiger charge is 2.09. The summed E-state index contributed by atoms with van der Waals surface area (Å²) in [6, 6.07) is 16.3. The van der Waals surface area contributed by atoms with Gasteiger partial charge in [0.2, 0.25) is 0 Å². The van der Waals surface area contributed by atoms with Crippen LogP contribution in [-0.4, -0.2) is 50.2 Å². The first-order valence-electron chi connectivity index (χ1n) is 10.2. The third kappa shape index (κ3) is 6.46. The van der Waals surface area contributed by atoms with Crippen LogP contribution in [0.3, 0.4) is 0 Å². The molecule has 1 aromatic heterocycles. The number of fused-ring (bicyclic) bond motifs is 1. The van der Waals surface area contributed by atoms with Crippen LogP contribution in [0.5, 0.6) is 11.5 Å². The van der Waals surface area contributed by atoms with Crippen molar-refractivity contribution >= 4 is 40.8 Å². The van der Waals surface area contributed by atoms with Crippen molar-refractivity contribution in [3.63, 3.8) is 0 Å². The van der Waals surface area contributed by atoms with Gasteiger partial charge in [-0.15, -0.1) is 24.0 Å². The van der Waals surface area contributed by atoms with Gasteiger partial charge >= 0.3 is 0 Å². The maximum atomic E-state index is 5.41. The molecule has 0 atom stereocenters. The minimum absolute atomic E-state index is 0. The Hall–Kier alpha value is -2.55. The van der Waals surface area contributed by atoms with Crippen LogP contribution >= 0.6 is 24.0 Å². The highest BCUT2D eigenvalue weighted by atomic mass is 127. The van der Waals surface area contributed by atoms with Crippen LogP contribution in [0.25, 0.3) is 10.9 Å². The first-order valence-corrected chi connectivity index (χ1v) is 10.2. The van der Waals surface area contributed by atoms with Gasteiger partial charge < -0.3 is 19.7 Å². The summed E-state index contributed by atoms with van der Waals surface area (Å²) in [6.45, 7) is 4.30. The molecule has 3 rings (SSSR count). The van der Waals surface area contributed by atoms with E-state index in [1.165, 1.54) is 5.56 Å². The van der Waals surface area contributed by atoms with Gasteiger partial charge in [0.1, 0.15) is 0 Å². The Labute approximate surface area is 201 Å². The quantitative estimate of drug-likeness (QED) is 0.262. The molecule has 0 aliphatic rings. The predicted octanol–water partition coefficient (Wildman–Crippen LogP) is 4.51. The van der Waals surface area contributed by atoms with Gasteiger partial charge in [0.05, 0.1) is 26.3 Å². The molecule has 2 aromatic carbocycles. The topological polar surface area (TPSA) is 59.0 Å². The van der Waals surface area contributed by atoms with Crippen molar-refractivity contribution in [2.45, 2.75) is 19.9 Å². The van der Waals surface area contributed by atoms with Crippen LogP contribution in [0.15, 0.2) is 59.7 Å². The number of aliphatic imine (C=N–C) groups is 1. The van der Waals surface area contributed by atoms with Crippen molar-refractivity contribution in [2.75, 3.05) is 34.4 Å². The van der Waals surface area contributed by atoms with E-state index in [2.05, 4.69) is 59.5 Å². The number of pyridine rings is 1. The molecule has 0 bridgehead atoms. The van der Waals surface area contributed by atoms with E-state index in [-0.39, 0.29) is 24.0 Å². The molecule has 0 amide bonds. The molecular weight excluding hydrogens is 503 g/mol. The molecule has 0 unspecified atom stereocenters. The van der Waals surface area contributed by atoms with E-state index in [0.29, 0.717) is 6.54 Å². The van der Waals surface area contributed by atoms with Gasteiger partial charge in [-0.3, -0.25) is 4.98 Å². The van der Waals surface area contributed by atoms with Gasteiger partial charge in [0.25, 0.3) is 0 Å². The lowest BCUT2D eigenvalue weighted by Gasteiger charge is -2.22. The second-order valence-corrected chi connectivity index (χ2v) is 7.02. The largest absolute Gasteiger partial charge is 0.493 e. The molecule has 6 nitrogen and oxygen atoms in total. The summed E-state index contributed by atoms with van der Waals surface area (Å²) in [4.78, 5) is 11.5. The maximum Gasteiger partial charge on any atom is 0.193 e. The van der Waals surface area contributed by atoms with Gasteiger partial charge in [-0.1, -0.05) is 30.3 Å². The molecule has 0 aliphatic heterocycles. The zero-order chi connectivity index (χ0) is 21.3. The summed E-state index contributed by atoms with van der Waals surface area (Å²) < 4.78 is 10.7. The number of methoxy groups -OCH3 is 2. The van der Waals surface area contributed by atoms with E-state index in [4.69, 9.17) is 14.5 Å². The lowest BCUT2D eigenvalue weighted by Crippen LogP contribution is -2.39. The summed E-state index contributed by atoms with van der Waals surface area (Å²) in [7, 11) is 5.37. The number of rotatable bonds is 8. The molecule has 0 spiro atoms. The fourth-order valence-corrected chi connectivity index (χ4v) is 3.36. The summed E-state index contributed by atoms with van der Waals surface area (Å²) in [6.07, 6.45) is 2.70. The first kappa shape index (κ1) is 24.7. The van der Waals surface area contributed by atoms with Crippen LogP contribution in [0, 0.1) is 0 Å². The van der Waals surface area contributed by atoms with E-state index in [9.17, 15) is 0 Å². The zero-order valence-corrected chi connectivity index (χ0v) is 20.9.